The first-order valence-corrected chi connectivity index (χ1v) is 8.80. The fourth-order valence-corrected chi connectivity index (χ4v) is 3.07. The number of phenols is 1. The quantitative estimate of drug-likeness (QED) is 0.491. The number of hydrogen-bond donors (Lipinski definition) is 2. The summed E-state index contributed by atoms with van der Waals surface area (Å²) in [4.78, 5) is 12.4. The predicted octanol–water partition coefficient (Wildman–Crippen LogP) is 4.90. The third-order valence-electron chi connectivity index (χ3n) is 4.51. The molecule has 0 saturated heterocycles. The standard InChI is InChI=1S/C22H23NO3/c1-3-26-22(25)15(2)21(23-19-10-6-7-11-20(19)24)18-13-12-16-8-4-5-9-17(16)14-18/h4-15,21,23-24H,3H2,1-2H3/t15-,21-/m0/s1. The Labute approximate surface area is 153 Å². The number of carbonyl (C=O) groups excluding carboxylic acids is 1. The van der Waals surface area contributed by atoms with E-state index in [9.17, 15) is 9.90 Å². The van der Waals surface area contributed by atoms with Crippen molar-refractivity contribution >= 4 is 22.4 Å². The van der Waals surface area contributed by atoms with Gasteiger partial charge in [0.25, 0.3) is 0 Å². The van der Waals surface area contributed by atoms with Crippen LogP contribution in [0.4, 0.5) is 5.69 Å². The van der Waals surface area contributed by atoms with Crippen molar-refractivity contribution in [1.29, 1.82) is 0 Å². The summed E-state index contributed by atoms with van der Waals surface area (Å²) in [5.41, 5.74) is 1.55. The summed E-state index contributed by atoms with van der Waals surface area (Å²) in [6, 6.07) is 20.9. The number of nitrogens with one attached hydrogen (secondary N) is 1. The summed E-state index contributed by atoms with van der Waals surface area (Å²) >= 11 is 0. The zero-order chi connectivity index (χ0) is 18.5. The van der Waals surface area contributed by atoms with E-state index in [1.807, 2.05) is 43.3 Å². The fraction of sp³-hybridized carbons (Fsp3) is 0.227. The van der Waals surface area contributed by atoms with Gasteiger partial charge in [0.05, 0.1) is 24.3 Å². The summed E-state index contributed by atoms with van der Waals surface area (Å²) in [7, 11) is 0. The Morgan fingerprint density at radius 1 is 1.04 bits per heavy atom. The summed E-state index contributed by atoms with van der Waals surface area (Å²) in [6.45, 7) is 3.97. The second-order valence-corrected chi connectivity index (χ2v) is 6.29. The number of ether oxygens (including phenoxy) is 1. The van der Waals surface area contributed by atoms with E-state index in [1.165, 1.54) is 0 Å². The Morgan fingerprint density at radius 2 is 1.73 bits per heavy atom. The summed E-state index contributed by atoms with van der Waals surface area (Å²) in [6.07, 6.45) is 0. The Kier molecular flexibility index (Phi) is 5.42. The van der Waals surface area contributed by atoms with Gasteiger partial charge in [-0.3, -0.25) is 4.79 Å². The molecule has 2 N–H and O–H groups in total. The van der Waals surface area contributed by atoms with Gasteiger partial charge in [0.1, 0.15) is 5.75 Å². The highest BCUT2D eigenvalue weighted by molar-refractivity contribution is 5.83. The molecular formula is C22H23NO3. The van der Waals surface area contributed by atoms with Crippen LogP contribution in [0.15, 0.2) is 66.7 Å². The number of para-hydroxylation sites is 2. The van der Waals surface area contributed by atoms with Gasteiger partial charge in [-0.1, -0.05) is 48.5 Å². The molecule has 0 spiro atoms. The first-order chi connectivity index (χ1) is 12.6. The SMILES string of the molecule is CCOC(=O)[C@@H](C)[C@H](Nc1ccccc1O)c1ccc2ccccc2c1. The average molecular weight is 349 g/mol. The smallest absolute Gasteiger partial charge is 0.311 e. The van der Waals surface area contributed by atoms with Crippen molar-refractivity contribution in [3.63, 3.8) is 0 Å². The number of hydrogen-bond acceptors (Lipinski definition) is 4. The lowest BCUT2D eigenvalue weighted by Crippen LogP contribution is -2.27. The van der Waals surface area contributed by atoms with Crippen LogP contribution in [0.5, 0.6) is 5.75 Å². The topological polar surface area (TPSA) is 58.6 Å². The molecule has 0 aliphatic rings. The minimum absolute atomic E-state index is 0.148. The van der Waals surface area contributed by atoms with Gasteiger partial charge in [0.15, 0.2) is 0 Å². The number of aromatic hydroxyl groups is 1. The first-order valence-electron chi connectivity index (χ1n) is 8.80. The lowest BCUT2D eigenvalue weighted by Gasteiger charge is -2.26. The molecule has 0 radical (unpaired) electrons. The highest BCUT2D eigenvalue weighted by Gasteiger charge is 2.27. The molecule has 0 aliphatic heterocycles. The highest BCUT2D eigenvalue weighted by Crippen LogP contribution is 2.33. The van der Waals surface area contributed by atoms with E-state index in [1.54, 1.807) is 25.1 Å². The van der Waals surface area contributed by atoms with E-state index in [2.05, 4.69) is 17.4 Å². The van der Waals surface area contributed by atoms with Crippen molar-refractivity contribution in [2.45, 2.75) is 19.9 Å². The molecule has 0 amide bonds. The number of fused-ring (bicyclic) bond motifs is 1. The largest absolute Gasteiger partial charge is 0.506 e. The van der Waals surface area contributed by atoms with Crippen LogP contribution in [0.2, 0.25) is 0 Å². The minimum atomic E-state index is -0.421. The molecule has 26 heavy (non-hydrogen) atoms. The Morgan fingerprint density at radius 3 is 2.46 bits per heavy atom. The maximum absolute atomic E-state index is 12.4. The molecule has 4 heteroatoms. The van der Waals surface area contributed by atoms with Gasteiger partial charge < -0.3 is 15.2 Å². The van der Waals surface area contributed by atoms with Crippen molar-refractivity contribution < 1.29 is 14.6 Å². The zero-order valence-corrected chi connectivity index (χ0v) is 15.0. The molecular weight excluding hydrogens is 326 g/mol. The van der Waals surface area contributed by atoms with E-state index in [4.69, 9.17) is 4.74 Å². The number of rotatable bonds is 6. The monoisotopic (exact) mass is 349 g/mol. The van der Waals surface area contributed by atoms with Crippen LogP contribution in [0.25, 0.3) is 10.8 Å². The molecule has 0 unspecified atom stereocenters. The van der Waals surface area contributed by atoms with Crippen LogP contribution in [-0.4, -0.2) is 17.7 Å². The second kappa shape index (κ2) is 7.91. The van der Waals surface area contributed by atoms with Crippen molar-refractivity contribution in [1.82, 2.24) is 0 Å². The lowest BCUT2D eigenvalue weighted by molar-refractivity contribution is -0.147. The molecule has 3 rings (SSSR count). The van der Waals surface area contributed by atoms with Gasteiger partial charge in [-0.15, -0.1) is 0 Å². The zero-order valence-electron chi connectivity index (χ0n) is 15.0. The molecule has 2 atom stereocenters. The van der Waals surface area contributed by atoms with Crippen LogP contribution >= 0.6 is 0 Å². The number of anilines is 1. The molecule has 0 saturated carbocycles. The highest BCUT2D eigenvalue weighted by atomic mass is 16.5. The van der Waals surface area contributed by atoms with Crippen LogP contribution in [0.1, 0.15) is 25.5 Å². The van der Waals surface area contributed by atoms with Gasteiger partial charge in [-0.2, -0.15) is 0 Å². The normalized spacial score (nSPS) is 13.2. The number of phenolic OH excluding ortho intramolecular Hbond substituents is 1. The third-order valence-corrected chi connectivity index (χ3v) is 4.51. The average Bonchev–Trinajstić information content (AvgIpc) is 2.66. The Bertz CT molecular complexity index is 907. The number of carbonyl (C=O) groups is 1. The number of esters is 1. The molecule has 3 aromatic carbocycles. The van der Waals surface area contributed by atoms with Crippen molar-refractivity contribution in [2.24, 2.45) is 5.92 Å². The van der Waals surface area contributed by atoms with E-state index in [0.717, 1.165) is 16.3 Å². The molecule has 0 fully saturated rings. The third kappa shape index (κ3) is 3.80. The molecule has 0 aromatic heterocycles. The fourth-order valence-electron chi connectivity index (χ4n) is 3.07. The molecule has 0 heterocycles. The van der Waals surface area contributed by atoms with Gasteiger partial charge in [0, 0.05) is 0 Å². The van der Waals surface area contributed by atoms with Crippen LogP contribution < -0.4 is 5.32 Å². The summed E-state index contributed by atoms with van der Waals surface area (Å²) < 4.78 is 5.22. The van der Waals surface area contributed by atoms with Gasteiger partial charge >= 0.3 is 5.97 Å². The van der Waals surface area contributed by atoms with E-state index in [0.29, 0.717) is 12.3 Å². The summed E-state index contributed by atoms with van der Waals surface area (Å²) in [5, 5.41) is 15.7. The molecule has 134 valence electrons. The first kappa shape index (κ1) is 17.8. The molecule has 3 aromatic rings. The van der Waals surface area contributed by atoms with Crippen molar-refractivity contribution in [3.8, 4) is 5.75 Å². The van der Waals surface area contributed by atoms with E-state index < -0.39 is 5.92 Å². The van der Waals surface area contributed by atoms with Gasteiger partial charge in [0.2, 0.25) is 0 Å². The molecule has 0 aliphatic carbocycles. The minimum Gasteiger partial charge on any atom is -0.506 e. The van der Waals surface area contributed by atoms with Crippen molar-refractivity contribution in [2.75, 3.05) is 11.9 Å². The van der Waals surface area contributed by atoms with E-state index >= 15 is 0 Å². The predicted molar refractivity (Wildman–Crippen MR) is 104 cm³/mol. The number of benzene rings is 3. The van der Waals surface area contributed by atoms with Crippen molar-refractivity contribution in [3.05, 3.63) is 72.3 Å². The summed E-state index contributed by atoms with van der Waals surface area (Å²) in [5.74, 6) is -0.543. The van der Waals surface area contributed by atoms with Crippen LogP contribution in [0, 0.1) is 5.92 Å². The Hall–Kier alpha value is -3.01. The van der Waals surface area contributed by atoms with Gasteiger partial charge in [-0.05, 0) is 48.4 Å². The second-order valence-electron chi connectivity index (χ2n) is 6.29. The van der Waals surface area contributed by atoms with Crippen LogP contribution in [0.3, 0.4) is 0 Å². The molecule has 0 bridgehead atoms. The molecule has 4 nitrogen and oxygen atoms in total. The van der Waals surface area contributed by atoms with Gasteiger partial charge in [-0.25, -0.2) is 0 Å². The maximum atomic E-state index is 12.4. The Balaban J connectivity index is 2.00. The lowest BCUT2D eigenvalue weighted by atomic mass is 9.92. The maximum Gasteiger partial charge on any atom is 0.311 e. The van der Waals surface area contributed by atoms with E-state index in [-0.39, 0.29) is 17.8 Å². The van der Waals surface area contributed by atoms with Crippen LogP contribution in [-0.2, 0) is 9.53 Å².